The van der Waals surface area contributed by atoms with Crippen LogP contribution in [0.3, 0.4) is 0 Å². The summed E-state index contributed by atoms with van der Waals surface area (Å²) in [6.45, 7) is 4.71. The van der Waals surface area contributed by atoms with Gasteiger partial charge in [0.1, 0.15) is 11.6 Å². The Kier molecular flexibility index (Phi) is 7.08. The summed E-state index contributed by atoms with van der Waals surface area (Å²) >= 11 is 3.07. The van der Waals surface area contributed by atoms with Crippen molar-refractivity contribution in [1.29, 1.82) is 0 Å². The first-order chi connectivity index (χ1) is 13.1. The van der Waals surface area contributed by atoms with E-state index in [2.05, 4.69) is 32.6 Å². The third-order valence-electron chi connectivity index (χ3n) is 4.00. The molecule has 2 aromatic rings. The van der Waals surface area contributed by atoms with Crippen LogP contribution in [0, 0.1) is 5.82 Å². The van der Waals surface area contributed by atoms with Gasteiger partial charge < -0.3 is 20.9 Å². The molecule has 0 saturated carbocycles. The molecule has 0 aromatic heterocycles. The SMILES string of the molecule is C=C(NCCCN)C(O)(c1ccc(OC(F)(F)F)cc1)c1ccc(F)c(Br)c1. The summed E-state index contributed by atoms with van der Waals surface area (Å²) in [5.74, 6) is -0.956. The number of nitrogens with two attached hydrogens (primary N) is 1. The first-order valence-corrected chi connectivity index (χ1v) is 9.04. The Morgan fingerprint density at radius 1 is 1.14 bits per heavy atom. The highest BCUT2D eigenvalue weighted by Gasteiger charge is 2.36. The Morgan fingerprint density at radius 2 is 1.75 bits per heavy atom. The van der Waals surface area contributed by atoms with Crippen LogP contribution >= 0.6 is 15.9 Å². The molecular weight excluding hydrogens is 444 g/mol. The quantitative estimate of drug-likeness (QED) is 0.406. The van der Waals surface area contributed by atoms with Gasteiger partial charge in [-0.2, -0.15) is 0 Å². The Bertz CT molecular complexity index is 828. The van der Waals surface area contributed by atoms with Crippen LogP contribution in [0.15, 0.2) is 59.2 Å². The number of benzene rings is 2. The van der Waals surface area contributed by atoms with E-state index >= 15 is 0 Å². The molecule has 0 bridgehead atoms. The lowest BCUT2D eigenvalue weighted by atomic mass is 9.83. The van der Waals surface area contributed by atoms with Crippen molar-refractivity contribution in [3.63, 3.8) is 0 Å². The van der Waals surface area contributed by atoms with E-state index in [0.29, 0.717) is 19.5 Å². The highest BCUT2D eigenvalue weighted by molar-refractivity contribution is 9.10. The molecule has 0 aliphatic rings. The minimum atomic E-state index is -4.83. The molecule has 0 amide bonds. The monoisotopic (exact) mass is 462 g/mol. The number of aliphatic hydroxyl groups is 1. The minimum absolute atomic E-state index is 0.121. The fraction of sp³-hybridized carbons (Fsp3) is 0.263. The fourth-order valence-corrected chi connectivity index (χ4v) is 2.98. The molecule has 9 heteroatoms. The van der Waals surface area contributed by atoms with E-state index < -0.39 is 23.5 Å². The Balaban J connectivity index is 2.45. The molecule has 152 valence electrons. The van der Waals surface area contributed by atoms with E-state index in [4.69, 9.17) is 5.73 Å². The average Bonchev–Trinajstić information content (AvgIpc) is 2.62. The summed E-state index contributed by atoms with van der Waals surface area (Å²) in [5, 5.41) is 14.4. The van der Waals surface area contributed by atoms with Crippen LogP contribution in [-0.2, 0) is 5.60 Å². The predicted molar refractivity (Wildman–Crippen MR) is 101 cm³/mol. The van der Waals surface area contributed by atoms with Gasteiger partial charge in [-0.1, -0.05) is 24.8 Å². The fourth-order valence-electron chi connectivity index (χ4n) is 2.60. The lowest BCUT2D eigenvalue weighted by molar-refractivity contribution is -0.274. The van der Waals surface area contributed by atoms with Crippen LogP contribution in [0.5, 0.6) is 5.75 Å². The molecule has 0 fully saturated rings. The molecule has 0 spiro atoms. The van der Waals surface area contributed by atoms with E-state index in [0.717, 1.165) is 12.1 Å². The van der Waals surface area contributed by atoms with E-state index in [1.54, 1.807) is 0 Å². The zero-order valence-corrected chi connectivity index (χ0v) is 16.3. The van der Waals surface area contributed by atoms with Gasteiger partial charge in [-0.25, -0.2) is 4.39 Å². The number of ether oxygens (including phenoxy) is 1. The average molecular weight is 463 g/mol. The predicted octanol–water partition coefficient (Wildman–Crippen LogP) is 4.17. The third kappa shape index (κ3) is 5.24. The largest absolute Gasteiger partial charge is 0.573 e. The topological polar surface area (TPSA) is 67.5 Å². The molecule has 0 radical (unpaired) electrons. The van der Waals surface area contributed by atoms with Gasteiger partial charge >= 0.3 is 6.36 Å². The van der Waals surface area contributed by atoms with Crippen molar-refractivity contribution in [2.75, 3.05) is 13.1 Å². The highest BCUT2D eigenvalue weighted by Crippen LogP contribution is 2.37. The number of rotatable bonds is 8. The van der Waals surface area contributed by atoms with Crippen LogP contribution < -0.4 is 15.8 Å². The molecule has 0 saturated heterocycles. The van der Waals surface area contributed by atoms with Gasteiger partial charge in [-0.3, -0.25) is 0 Å². The Labute approximate surface area is 168 Å². The van der Waals surface area contributed by atoms with Crippen LogP contribution in [0.2, 0.25) is 0 Å². The minimum Gasteiger partial charge on any atom is -0.406 e. The Morgan fingerprint density at radius 3 is 2.29 bits per heavy atom. The molecule has 4 nitrogen and oxygen atoms in total. The van der Waals surface area contributed by atoms with Crippen LogP contribution in [-0.4, -0.2) is 24.6 Å². The molecule has 2 aromatic carbocycles. The summed E-state index contributed by atoms with van der Waals surface area (Å²) in [5.41, 5.74) is 4.30. The first kappa shape index (κ1) is 22.2. The lowest BCUT2D eigenvalue weighted by Crippen LogP contribution is -2.37. The lowest BCUT2D eigenvalue weighted by Gasteiger charge is -2.32. The van der Waals surface area contributed by atoms with Gasteiger partial charge in [-0.15, -0.1) is 13.2 Å². The van der Waals surface area contributed by atoms with Crippen molar-refractivity contribution >= 4 is 15.9 Å². The zero-order valence-electron chi connectivity index (χ0n) is 14.7. The molecule has 2 rings (SSSR count). The molecule has 0 heterocycles. The van der Waals surface area contributed by atoms with Crippen LogP contribution in [0.1, 0.15) is 17.5 Å². The van der Waals surface area contributed by atoms with Crippen molar-refractivity contribution in [3.8, 4) is 5.75 Å². The molecule has 0 aliphatic heterocycles. The van der Waals surface area contributed by atoms with E-state index in [1.807, 2.05) is 0 Å². The maximum Gasteiger partial charge on any atom is 0.573 e. The molecule has 1 unspecified atom stereocenters. The summed E-state index contributed by atoms with van der Waals surface area (Å²) in [6.07, 6.45) is -4.21. The number of halogens is 5. The molecule has 4 N–H and O–H groups in total. The number of alkyl halides is 3. The molecule has 1 atom stereocenters. The van der Waals surface area contributed by atoms with Crippen molar-refractivity contribution in [3.05, 3.63) is 76.2 Å². The van der Waals surface area contributed by atoms with E-state index in [9.17, 15) is 22.7 Å². The van der Waals surface area contributed by atoms with Gasteiger partial charge in [0.25, 0.3) is 0 Å². The molecular formula is C19H19BrF4N2O2. The van der Waals surface area contributed by atoms with Gasteiger partial charge in [0.15, 0.2) is 5.60 Å². The summed E-state index contributed by atoms with van der Waals surface area (Å²) in [7, 11) is 0. The maximum absolute atomic E-state index is 13.6. The van der Waals surface area contributed by atoms with E-state index in [-0.39, 0.29) is 21.3 Å². The molecule has 0 aliphatic carbocycles. The van der Waals surface area contributed by atoms with Crippen LogP contribution in [0.4, 0.5) is 17.6 Å². The van der Waals surface area contributed by atoms with Crippen LogP contribution in [0.25, 0.3) is 0 Å². The maximum atomic E-state index is 13.6. The van der Waals surface area contributed by atoms with Gasteiger partial charge in [0, 0.05) is 12.2 Å². The van der Waals surface area contributed by atoms with Crippen molar-refractivity contribution in [2.45, 2.75) is 18.4 Å². The van der Waals surface area contributed by atoms with Crippen molar-refractivity contribution < 1.29 is 27.4 Å². The van der Waals surface area contributed by atoms with Crippen molar-refractivity contribution in [2.24, 2.45) is 5.73 Å². The Hall–Kier alpha value is -2.10. The normalized spacial score (nSPS) is 13.7. The second-order valence-electron chi connectivity index (χ2n) is 5.96. The first-order valence-electron chi connectivity index (χ1n) is 8.25. The summed E-state index contributed by atoms with van der Waals surface area (Å²) < 4.78 is 54.8. The van der Waals surface area contributed by atoms with E-state index in [1.165, 1.54) is 30.3 Å². The molecule has 28 heavy (non-hydrogen) atoms. The zero-order chi connectivity index (χ0) is 20.9. The highest BCUT2D eigenvalue weighted by atomic mass is 79.9. The number of hydrogen-bond acceptors (Lipinski definition) is 4. The third-order valence-corrected chi connectivity index (χ3v) is 4.61. The van der Waals surface area contributed by atoms with Gasteiger partial charge in [-0.05, 0) is 64.3 Å². The summed E-state index contributed by atoms with van der Waals surface area (Å²) in [4.78, 5) is 0. The number of nitrogens with one attached hydrogen (secondary N) is 1. The van der Waals surface area contributed by atoms with Gasteiger partial charge in [0.05, 0.1) is 4.47 Å². The van der Waals surface area contributed by atoms with Crippen molar-refractivity contribution in [1.82, 2.24) is 5.32 Å². The standard InChI is InChI=1S/C19H19BrF4N2O2/c1-12(26-10-2-9-25)18(27,14-5-8-17(21)16(20)11-14)13-3-6-15(7-4-13)28-19(22,23)24/h3-8,11,26-27H,1-2,9-10,25H2. The second kappa shape index (κ2) is 8.93. The smallest absolute Gasteiger partial charge is 0.406 e. The number of hydrogen-bond donors (Lipinski definition) is 3. The van der Waals surface area contributed by atoms with Gasteiger partial charge in [0.2, 0.25) is 0 Å². The second-order valence-corrected chi connectivity index (χ2v) is 6.81. The summed E-state index contributed by atoms with van der Waals surface area (Å²) in [6, 6.07) is 8.65.